The molecule has 0 spiro atoms. The van der Waals surface area contributed by atoms with Crippen LogP contribution in [0.15, 0.2) is 12.2 Å². The fraction of sp³-hybridized carbons (Fsp3) is 0.833. The van der Waals surface area contributed by atoms with Gasteiger partial charge < -0.3 is 4.43 Å². The third-order valence-electron chi connectivity index (χ3n) is 3.11. The highest BCUT2D eigenvalue weighted by molar-refractivity contribution is 6.52. The second kappa shape index (κ2) is 5.13. The molecule has 0 N–H and O–H groups in total. The highest BCUT2D eigenvalue weighted by Crippen LogP contribution is 2.25. The zero-order chi connectivity index (χ0) is 10.6. The normalized spacial score (nSPS) is 19.6. The summed E-state index contributed by atoms with van der Waals surface area (Å²) in [6, 6.07) is 2.77. The van der Waals surface area contributed by atoms with Gasteiger partial charge in [-0.1, -0.05) is 46.6 Å². The van der Waals surface area contributed by atoms with Crippen molar-refractivity contribution in [1.82, 2.24) is 0 Å². The molecule has 0 aromatic heterocycles. The van der Waals surface area contributed by atoms with Crippen molar-refractivity contribution in [2.75, 3.05) is 6.61 Å². The second-order valence-corrected chi connectivity index (χ2v) is 8.16. The van der Waals surface area contributed by atoms with Crippen LogP contribution in [-0.2, 0) is 4.43 Å². The van der Waals surface area contributed by atoms with Gasteiger partial charge in [0.05, 0.1) is 6.61 Å². The summed E-state index contributed by atoms with van der Waals surface area (Å²) in [7, 11) is -0.815. The lowest BCUT2D eigenvalue weighted by atomic mass is 9.88. The molecule has 1 saturated heterocycles. The van der Waals surface area contributed by atoms with Crippen LogP contribution in [0, 0.1) is 5.41 Å². The van der Waals surface area contributed by atoms with E-state index >= 15 is 0 Å². The minimum atomic E-state index is -0.815. The van der Waals surface area contributed by atoms with Gasteiger partial charge >= 0.3 is 0 Å². The summed E-state index contributed by atoms with van der Waals surface area (Å²) in [6.45, 7) is 11.5. The Balaban J connectivity index is 2.22. The van der Waals surface area contributed by atoms with Crippen molar-refractivity contribution in [3.05, 3.63) is 12.2 Å². The van der Waals surface area contributed by atoms with Crippen molar-refractivity contribution in [1.29, 1.82) is 0 Å². The maximum Gasteiger partial charge on any atom is 0.177 e. The van der Waals surface area contributed by atoms with Crippen molar-refractivity contribution < 1.29 is 4.43 Å². The molecule has 0 saturated carbocycles. The van der Waals surface area contributed by atoms with E-state index in [9.17, 15) is 0 Å². The molecule has 1 rings (SSSR count). The summed E-state index contributed by atoms with van der Waals surface area (Å²) in [6.07, 6.45) is 4.23. The Morgan fingerprint density at radius 2 is 1.79 bits per heavy atom. The molecule has 0 atom stereocenters. The molecule has 0 aliphatic carbocycles. The highest BCUT2D eigenvalue weighted by Gasteiger charge is 2.19. The van der Waals surface area contributed by atoms with Gasteiger partial charge in [-0.3, -0.25) is 0 Å². The van der Waals surface area contributed by atoms with Crippen LogP contribution in [0.25, 0.3) is 0 Å². The first-order chi connectivity index (χ1) is 6.50. The quantitative estimate of drug-likeness (QED) is 0.514. The third-order valence-corrected chi connectivity index (χ3v) is 5.85. The van der Waals surface area contributed by atoms with Gasteiger partial charge in [-0.05, 0) is 23.1 Å². The van der Waals surface area contributed by atoms with E-state index < -0.39 is 9.04 Å². The molecule has 0 aromatic carbocycles. The largest absolute Gasteiger partial charge is 0.416 e. The van der Waals surface area contributed by atoms with Crippen LogP contribution < -0.4 is 0 Å². The number of hydrogen-bond acceptors (Lipinski definition) is 1. The molecule has 1 fully saturated rings. The monoisotopic (exact) mass is 212 g/mol. The Kier molecular flexibility index (Phi) is 4.39. The Morgan fingerprint density at radius 3 is 2.29 bits per heavy atom. The van der Waals surface area contributed by atoms with Gasteiger partial charge in [0.2, 0.25) is 0 Å². The van der Waals surface area contributed by atoms with E-state index in [1.54, 1.807) is 0 Å². The van der Waals surface area contributed by atoms with Gasteiger partial charge in [-0.15, -0.1) is 0 Å². The number of hydrogen-bond donors (Lipinski definition) is 0. The molecule has 1 heterocycles. The van der Waals surface area contributed by atoms with E-state index in [1.165, 1.54) is 36.9 Å². The van der Waals surface area contributed by atoms with Crippen LogP contribution in [-0.4, -0.2) is 15.6 Å². The average Bonchev–Trinajstić information content (AvgIpc) is 2.14. The van der Waals surface area contributed by atoms with Crippen molar-refractivity contribution >= 4 is 9.04 Å². The summed E-state index contributed by atoms with van der Waals surface area (Å²) in [5.41, 5.74) is 1.46. The molecule has 1 aliphatic rings. The molecular formula is C12H24OSi. The molecule has 0 aromatic rings. The second-order valence-electron chi connectivity index (χ2n) is 5.42. The van der Waals surface area contributed by atoms with Gasteiger partial charge in [0.25, 0.3) is 0 Å². The minimum Gasteiger partial charge on any atom is -0.416 e. The number of rotatable bonds is 3. The molecule has 1 nitrogen and oxygen atoms in total. The molecule has 0 bridgehead atoms. The van der Waals surface area contributed by atoms with E-state index in [4.69, 9.17) is 4.43 Å². The molecule has 2 heteroatoms. The fourth-order valence-electron chi connectivity index (χ4n) is 1.67. The SMILES string of the molecule is C=C(CO[SiH]1CCCCC1)C(C)(C)C. The van der Waals surface area contributed by atoms with Gasteiger partial charge in [-0.2, -0.15) is 0 Å². The lowest BCUT2D eigenvalue weighted by Crippen LogP contribution is -2.24. The first kappa shape index (κ1) is 12.0. The van der Waals surface area contributed by atoms with Crippen LogP contribution in [0.4, 0.5) is 0 Å². The van der Waals surface area contributed by atoms with E-state index in [0.717, 1.165) is 6.61 Å². The summed E-state index contributed by atoms with van der Waals surface area (Å²) in [5, 5.41) is 0. The lowest BCUT2D eigenvalue weighted by Gasteiger charge is -2.26. The molecule has 1 aliphatic heterocycles. The Labute approximate surface area is 90.3 Å². The lowest BCUT2D eigenvalue weighted by molar-refractivity contribution is 0.311. The third kappa shape index (κ3) is 3.97. The van der Waals surface area contributed by atoms with Crippen molar-refractivity contribution in [3.8, 4) is 0 Å². The zero-order valence-corrected chi connectivity index (χ0v) is 11.1. The van der Waals surface area contributed by atoms with Crippen molar-refractivity contribution in [2.24, 2.45) is 5.41 Å². The average molecular weight is 212 g/mol. The highest BCUT2D eigenvalue weighted by atomic mass is 28.3. The summed E-state index contributed by atoms with van der Waals surface area (Å²) in [5.74, 6) is 0. The Bertz CT molecular complexity index is 187. The molecule has 0 amide bonds. The summed E-state index contributed by atoms with van der Waals surface area (Å²) >= 11 is 0. The van der Waals surface area contributed by atoms with Crippen molar-refractivity contribution in [2.45, 2.75) is 52.1 Å². The van der Waals surface area contributed by atoms with Crippen LogP contribution in [0.5, 0.6) is 0 Å². The van der Waals surface area contributed by atoms with Crippen LogP contribution >= 0.6 is 0 Å². The Morgan fingerprint density at radius 1 is 1.21 bits per heavy atom. The summed E-state index contributed by atoms with van der Waals surface area (Å²) in [4.78, 5) is 0. The molecule has 14 heavy (non-hydrogen) atoms. The van der Waals surface area contributed by atoms with Gasteiger partial charge in [0.1, 0.15) is 0 Å². The first-order valence-corrected chi connectivity index (χ1v) is 7.90. The molecule has 82 valence electrons. The van der Waals surface area contributed by atoms with Gasteiger partial charge in [-0.25, -0.2) is 0 Å². The van der Waals surface area contributed by atoms with E-state index in [1.807, 2.05) is 0 Å². The van der Waals surface area contributed by atoms with Gasteiger partial charge in [0, 0.05) is 0 Å². The topological polar surface area (TPSA) is 9.23 Å². The predicted molar refractivity (Wildman–Crippen MR) is 65.2 cm³/mol. The molecule has 0 radical (unpaired) electrons. The molecule has 0 unspecified atom stereocenters. The maximum atomic E-state index is 6.01. The van der Waals surface area contributed by atoms with E-state index in [0.29, 0.717) is 0 Å². The van der Waals surface area contributed by atoms with Crippen LogP contribution in [0.1, 0.15) is 40.0 Å². The van der Waals surface area contributed by atoms with E-state index in [-0.39, 0.29) is 5.41 Å². The zero-order valence-electron chi connectivity index (χ0n) is 9.94. The smallest absolute Gasteiger partial charge is 0.177 e. The van der Waals surface area contributed by atoms with Crippen molar-refractivity contribution in [3.63, 3.8) is 0 Å². The standard InChI is InChI=1S/C12H24OSi/c1-11(12(2,3)4)10-13-14-8-6-5-7-9-14/h14H,1,5-10H2,2-4H3. The van der Waals surface area contributed by atoms with Gasteiger partial charge in [0.15, 0.2) is 9.04 Å². The van der Waals surface area contributed by atoms with E-state index in [2.05, 4.69) is 27.4 Å². The fourth-order valence-corrected chi connectivity index (χ4v) is 4.21. The predicted octanol–water partition coefficient (Wildman–Crippen LogP) is 3.51. The van der Waals surface area contributed by atoms with Crippen LogP contribution in [0.3, 0.4) is 0 Å². The maximum absolute atomic E-state index is 6.01. The summed E-state index contributed by atoms with van der Waals surface area (Å²) < 4.78 is 6.01. The molecular weight excluding hydrogens is 188 g/mol. The van der Waals surface area contributed by atoms with Crippen LogP contribution in [0.2, 0.25) is 12.1 Å². The first-order valence-electron chi connectivity index (χ1n) is 5.80. The Hall–Kier alpha value is -0.0831. The minimum absolute atomic E-state index is 0.211.